The molecule has 0 amide bonds. The van der Waals surface area contributed by atoms with Crippen LogP contribution in [-0.4, -0.2) is 27.8 Å². The molecule has 8 aromatic carbocycles. The van der Waals surface area contributed by atoms with E-state index in [1.54, 1.807) is 0 Å². The van der Waals surface area contributed by atoms with Crippen molar-refractivity contribution in [3.05, 3.63) is 200 Å². The van der Waals surface area contributed by atoms with Crippen LogP contribution in [0.2, 0.25) is 0 Å². The van der Waals surface area contributed by atoms with Crippen molar-refractivity contribution in [2.24, 2.45) is 0 Å². The molecule has 0 bridgehead atoms. The molecule has 3 nitrogen and oxygen atoms in total. The summed E-state index contributed by atoms with van der Waals surface area (Å²) in [4.78, 5) is 11.3. The first-order valence-corrected chi connectivity index (χ1v) is 24.4. The predicted octanol–water partition coefficient (Wildman–Crippen LogP) is 10.6. The van der Waals surface area contributed by atoms with Gasteiger partial charge in [0.2, 0.25) is 0 Å². The molecule has 0 radical (unpaired) electrons. The minimum absolute atomic E-state index is 0.738. The van der Waals surface area contributed by atoms with E-state index in [4.69, 9.17) is 9.97 Å². The maximum absolute atomic E-state index is 5.75. The van der Waals surface area contributed by atoms with Crippen LogP contribution in [0.5, 0.6) is 0 Å². The number of thiophene rings is 1. The zero-order valence-corrected chi connectivity index (χ0v) is 33.7. The first-order valence-electron chi connectivity index (χ1n) is 19.4. The summed E-state index contributed by atoms with van der Waals surface area (Å²) in [6.07, 6.45) is 0. The van der Waals surface area contributed by atoms with Crippen molar-refractivity contribution < 1.29 is 0 Å². The van der Waals surface area contributed by atoms with Gasteiger partial charge in [-0.2, -0.15) is 0 Å². The van der Waals surface area contributed by atoms with E-state index >= 15 is 0 Å². The van der Waals surface area contributed by atoms with Gasteiger partial charge in [0, 0.05) is 0 Å². The van der Waals surface area contributed by atoms with Crippen LogP contribution in [0.3, 0.4) is 0 Å². The number of rotatable bonds is 5. The molecule has 1 aliphatic rings. The van der Waals surface area contributed by atoms with Crippen molar-refractivity contribution in [2.45, 2.75) is 0 Å². The van der Waals surface area contributed by atoms with Gasteiger partial charge in [0.25, 0.3) is 0 Å². The molecule has 0 aliphatic carbocycles. The van der Waals surface area contributed by atoms with Gasteiger partial charge in [-0.1, -0.05) is 0 Å². The van der Waals surface area contributed by atoms with Crippen molar-refractivity contribution >= 4 is 84.2 Å². The van der Waals surface area contributed by atoms with Gasteiger partial charge in [-0.25, -0.2) is 0 Å². The molecular weight excluding hydrogens is 771 g/mol. The Kier molecular flexibility index (Phi) is 7.28. The third-order valence-electron chi connectivity index (χ3n) is 11.9. The quantitative estimate of drug-likeness (QED) is 0.162. The Labute approximate surface area is 336 Å². The van der Waals surface area contributed by atoms with Crippen molar-refractivity contribution in [3.63, 3.8) is 0 Å². The molecule has 0 atom stereocenters. The predicted molar refractivity (Wildman–Crippen MR) is 243 cm³/mol. The zero-order chi connectivity index (χ0) is 37.5. The molecule has 5 heteroatoms. The minimum atomic E-state index is -3.78. The van der Waals surface area contributed by atoms with Gasteiger partial charge in [0.05, 0.1) is 0 Å². The molecular formula is C52H33GeN3S. The van der Waals surface area contributed by atoms with Gasteiger partial charge in [-0.05, 0) is 0 Å². The van der Waals surface area contributed by atoms with E-state index < -0.39 is 13.3 Å². The number of benzene rings is 8. The molecule has 0 saturated carbocycles. The average molecular weight is 805 g/mol. The first-order chi connectivity index (χ1) is 28.3. The van der Waals surface area contributed by atoms with E-state index in [9.17, 15) is 0 Å². The molecule has 0 fully saturated rings. The fourth-order valence-corrected chi connectivity index (χ4v) is 21.8. The molecule has 0 spiro atoms. The Balaban J connectivity index is 1.24. The number of hydrogen-bond acceptors (Lipinski definition) is 3. The second-order valence-electron chi connectivity index (χ2n) is 14.8. The third kappa shape index (κ3) is 4.66. The summed E-state index contributed by atoms with van der Waals surface area (Å²) in [5.74, 6) is 0.738. The molecule has 4 heterocycles. The van der Waals surface area contributed by atoms with Gasteiger partial charge in [0.15, 0.2) is 0 Å². The van der Waals surface area contributed by atoms with Crippen molar-refractivity contribution in [3.8, 4) is 39.6 Å². The zero-order valence-electron chi connectivity index (χ0n) is 30.8. The van der Waals surface area contributed by atoms with Crippen LogP contribution < -0.4 is 17.6 Å². The molecule has 266 valence electrons. The van der Waals surface area contributed by atoms with Crippen LogP contribution >= 0.6 is 11.3 Å². The SMILES string of the molecule is c1ccc(-c2nc(-c3ccccc3-n3c4ccccc4c4c5sc6ccccc6c5ccc43)[c]3c(n2)-c2cccc[c]2[Ge]3([c]2ccccc2)[c]2ccccc2)cc1. The van der Waals surface area contributed by atoms with E-state index in [1.165, 1.54) is 65.1 Å². The van der Waals surface area contributed by atoms with Crippen LogP contribution in [-0.2, 0) is 0 Å². The van der Waals surface area contributed by atoms with Gasteiger partial charge in [0.1, 0.15) is 0 Å². The first kappa shape index (κ1) is 32.6. The fourth-order valence-electron chi connectivity index (χ4n) is 9.58. The molecule has 0 unspecified atom stereocenters. The summed E-state index contributed by atoms with van der Waals surface area (Å²) >= 11 is -1.89. The normalized spacial score (nSPS) is 13.1. The third-order valence-corrected chi connectivity index (χ3v) is 23.3. The van der Waals surface area contributed by atoms with Crippen molar-refractivity contribution in [1.82, 2.24) is 14.5 Å². The van der Waals surface area contributed by atoms with Gasteiger partial charge < -0.3 is 0 Å². The Hall–Kier alpha value is -6.60. The Morgan fingerprint density at radius 1 is 0.439 bits per heavy atom. The summed E-state index contributed by atoms with van der Waals surface area (Å²) in [7, 11) is 0. The Morgan fingerprint density at radius 2 is 1.02 bits per heavy atom. The second-order valence-corrected chi connectivity index (χ2v) is 23.6. The molecule has 0 saturated heterocycles. The van der Waals surface area contributed by atoms with Crippen LogP contribution in [0, 0.1) is 0 Å². The van der Waals surface area contributed by atoms with Crippen molar-refractivity contribution in [2.75, 3.05) is 0 Å². The van der Waals surface area contributed by atoms with E-state index in [-0.39, 0.29) is 0 Å². The van der Waals surface area contributed by atoms with Crippen LogP contribution in [0.4, 0.5) is 0 Å². The number of aromatic nitrogens is 3. The molecule has 12 rings (SSSR count). The molecule has 11 aromatic rings. The number of para-hydroxylation sites is 2. The van der Waals surface area contributed by atoms with E-state index in [0.717, 1.165) is 34.0 Å². The van der Waals surface area contributed by atoms with E-state index in [0.29, 0.717) is 0 Å². The summed E-state index contributed by atoms with van der Waals surface area (Å²) in [6, 6.07) is 73.3. The second kappa shape index (κ2) is 12.7. The Bertz CT molecular complexity index is 3310. The number of nitrogens with zero attached hydrogens (tertiary/aromatic N) is 3. The average Bonchev–Trinajstić information content (AvgIpc) is 3.94. The monoisotopic (exact) mass is 805 g/mol. The fraction of sp³-hybridized carbons (Fsp3) is 0. The number of fused-ring (bicyclic) bond motifs is 10. The molecule has 1 aliphatic heterocycles. The topological polar surface area (TPSA) is 30.7 Å². The molecule has 0 N–H and O–H groups in total. The van der Waals surface area contributed by atoms with Crippen molar-refractivity contribution in [1.29, 1.82) is 0 Å². The van der Waals surface area contributed by atoms with E-state index in [1.807, 2.05) is 11.3 Å². The van der Waals surface area contributed by atoms with Crippen LogP contribution in [0.15, 0.2) is 200 Å². The molecule has 3 aromatic heterocycles. The summed E-state index contributed by atoms with van der Waals surface area (Å²) in [6.45, 7) is 0. The van der Waals surface area contributed by atoms with Gasteiger partial charge in [-0.3, -0.25) is 0 Å². The summed E-state index contributed by atoms with van der Waals surface area (Å²) in [5.41, 5.74) is 8.85. The van der Waals surface area contributed by atoms with Crippen LogP contribution in [0.1, 0.15) is 0 Å². The molecule has 57 heavy (non-hydrogen) atoms. The van der Waals surface area contributed by atoms with Gasteiger partial charge >= 0.3 is 338 Å². The standard InChI is InChI=1S/C52H33GeN3S/c1-4-18-34(19-5-1)52-54-49-39-25-10-14-28-42(39)53(35-20-6-2-7-21-35,36-22-8-3-9-23-36)48(49)50(55-52)41-27-12-16-30-44(41)56-43-29-15-11-26-40(43)47-45(56)33-32-38-37-24-13-17-31-46(37)57-51(38)47/h1-33H. The Morgan fingerprint density at radius 3 is 1.77 bits per heavy atom. The maximum atomic E-state index is 5.75. The number of hydrogen-bond donors (Lipinski definition) is 0. The van der Waals surface area contributed by atoms with Gasteiger partial charge in [-0.15, -0.1) is 0 Å². The summed E-state index contributed by atoms with van der Waals surface area (Å²) < 4.78 is 10.5. The summed E-state index contributed by atoms with van der Waals surface area (Å²) in [5, 5.41) is 5.17. The van der Waals surface area contributed by atoms with Crippen LogP contribution in [0.25, 0.3) is 81.6 Å². The van der Waals surface area contributed by atoms with E-state index in [2.05, 4.69) is 205 Å².